The van der Waals surface area contributed by atoms with Gasteiger partial charge in [0, 0.05) is 10.1 Å². The Labute approximate surface area is 246 Å². The second-order valence-corrected chi connectivity index (χ2v) is 30.4. The molecule has 0 radical (unpaired) electrons. The van der Waals surface area contributed by atoms with E-state index in [1.165, 1.54) is 0 Å². The van der Waals surface area contributed by atoms with Crippen molar-refractivity contribution in [2.45, 2.75) is 116 Å². The number of fused-ring (bicyclic) bond motifs is 7. The van der Waals surface area contributed by atoms with Gasteiger partial charge in [0.15, 0.2) is 0 Å². The molecule has 0 aliphatic carbocycles. The Kier molecular flexibility index (Phi) is 7.56. The van der Waals surface area contributed by atoms with Crippen molar-refractivity contribution in [3.05, 3.63) is 11.4 Å². The largest absolute Gasteiger partial charge is 0.142 e. The molecule has 0 unspecified atom stereocenters. The summed E-state index contributed by atoms with van der Waals surface area (Å²) in [4.78, 5) is 0. The molecular weight excluding hydrogens is 577 g/mol. The summed E-state index contributed by atoms with van der Waals surface area (Å²) in [5.41, 5.74) is 4.55. The molecule has 5 rings (SSSR count). The minimum Gasteiger partial charge on any atom is -0.142 e. The van der Waals surface area contributed by atoms with E-state index in [0.29, 0.717) is 0 Å². The normalized spacial score (nSPS) is 14.3. The van der Waals surface area contributed by atoms with E-state index in [1.54, 1.807) is 47.3 Å². The highest BCUT2D eigenvalue weighted by Gasteiger charge is 2.47. The van der Waals surface area contributed by atoms with E-state index in [-0.39, 0.29) is 0 Å². The minimum atomic E-state index is -1.66. The Balaban J connectivity index is 1.73. The molecule has 5 heterocycles. The van der Waals surface area contributed by atoms with Crippen LogP contribution in [0.15, 0.2) is 11.4 Å². The van der Waals surface area contributed by atoms with Crippen molar-refractivity contribution in [2.24, 2.45) is 0 Å². The van der Waals surface area contributed by atoms with Crippen molar-refractivity contribution < 1.29 is 0 Å². The third-order valence-electron chi connectivity index (χ3n) is 9.74. The summed E-state index contributed by atoms with van der Waals surface area (Å²) < 4.78 is 12.8. The Morgan fingerprint density at radius 1 is 0.486 bits per heavy atom. The zero-order chi connectivity index (χ0) is 27.2. The van der Waals surface area contributed by atoms with Gasteiger partial charge < -0.3 is 0 Å². The molecule has 7 heteroatoms. The molecule has 5 aromatic heterocycles. The molecule has 0 bridgehead atoms. The molecule has 37 heavy (non-hydrogen) atoms. The standard InChI is InChI=1S/C30H44S5Si2/c1-15(2)36(16(3)4,17(5)6)22-14-31-26-25(22)34-29-27-24(33-28(26)29)21-13-23(32-30(21)35-27)37(18(7)8,19(9)10)20(11)12/h13-20H,1-12H3. The van der Waals surface area contributed by atoms with Crippen LogP contribution >= 0.6 is 56.7 Å². The summed E-state index contributed by atoms with van der Waals surface area (Å²) in [5.74, 6) is 0. The van der Waals surface area contributed by atoms with Gasteiger partial charge in [-0.25, -0.2) is 0 Å². The maximum Gasteiger partial charge on any atom is 0.107 e. The van der Waals surface area contributed by atoms with Crippen molar-refractivity contribution in [3.8, 4) is 0 Å². The second-order valence-electron chi connectivity index (χ2n) is 13.0. The maximum absolute atomic E-state index is 2.66. The summed E-state index contributed by atoms with van der Waals surface area (Å²) in [6.45, 7) is 30.0. The zero-order valence-corrected chi connectivity index (χ0v) is 30.7. The molecule has 202 valence electrons. The van der Waals surface area contributed by atoms with Gasteiger partial charge >= 0.3 is 0 Å². The maximum atomic E-state index is 2.66. The molecule has 0 saturated heterocycles. The lowest BCUT2D eigenvalue weighted by molar-refractivity contribution is 0.836. The monoisotopic (exact) mass is 620 g/mol. The predicted octanol–water partition coefficient (Wildman–Crippen LogP) is 12.4. The summed E-state index contributed by atoms with van der Waals surface area (Å²) >= 11 is 10.5. The Morgan fingerprint density at radius 3 is 1.46 bits per heavy atom. The van der Waals surface area contributed by atoms with Gasteiger partial charge in [-0.3, -0.25) is 0 Å². The van der Waals surface area contributed by atoms with Gasteiger partial charge in [-0.15, -0.1) is 56.7 Å². The first kappa shape index (κ1) is 28.5. The van der Waals surface area contributed by atoms with Crippen LogP contribution in [0.1, 0.15) is 83.1 Å². The molecule has 0 nitrogen and oxygen atoms in total. The number of hydrogen-bond donors (Lipinski definition) is 0. The van der Waals surface area contributed by atoms with E-state index < -0.39 is 16.1 Å². The van der Waals surface area contributed by atoms with Gasteiger partial charge in [0.2, 0.25) is 0 Å². The molecule has 5 aromatic rings. The number of thiophene rings is 5. The van der Waals surface area contributed by atoms with E-state index in [1.807, 2.05) is 11.3 Å². The van der Waals surface area contributed by atoms with Gasteiger partial charge in [-0.1, -0.05) is 83.1 Å². The first-order valence-electron chi connectivity index (χ1n) is 14.1. The SMILES string of the molecule is CC(C)[Si](c1cc2c(s1)sc1c2sc2c3scc([Si](C(C)C)(C(C)C)C(C)C)c3sc21)(C(C)C)C(C)C. The Hall–Kier alpha value is -0.0262. The Morgan fingerprint density at radius 2 is 0.946 bits per heavy atom. The van der Waals surface area contributed by atoms with Crippen LogP contribution in [0, 0.1) is 0 Å². The van der Waals surface area contributed by atoms with E-state index >= 15 is 0 Å². The van der Waals surface area contributed by atoms with Gasteiger partial charge in [0.25, 0.3) is 0 Å². The van der Waals surface area contributed by atoms with Crippen LogP contribution < -0.4 is 9.69 Å². The van der Waals surface area contributed by atoms with Crippen LogP contribution in [-0.4, -0.2) is 16.1 Å². The van der Waals surface area contributed by atoms with Crippen molar-refractivity contribution in [1.82, 2.24) is 0 Å². The summed E-state index contributed by atoms with van der Waals surface area (Å²) in [6.07, 6.45) is 0. The van der Waals surface area contributed by atoms with Gasteiger partial charge in [-0.05, 0) is 54.4 Å². The minimum absolute atomic E-state index is 0.753. The van der Waals surface area contributed by atoms with Crippen molar-refractivity contribution >= 4 is 120 Å². The van der Waals surface area contributed by atoms with Crippen molar-refractivity contribution in [1.29, 1.82) is 0 Å². The predicted molar refractivity (Wildman–Crippen MR) is 187 cm³/mol. The highest BCUT2D eigenvalue weighted by atomic mass is 32.2. The summed E-state index contributed by atoms with van der Waals surface area (Å²) in [7, 11) is -3.28. The highest BCUT2D eigenvalue weighted by molar-refractivity contribution is 7.52. The molecule has 0 aliphatic rings. The fourth-order valence-electron chi connectivity index (χ4n) is 8.62. The van der Waals surface area contributed by atoms with Crippen LogP contribution in [0.3, 0.4) is 0 Å². The average molecular weight is 621 g/mol. The lowest BCUT2D eigenvalue weighted by atomic mass is 10.4. The van der Waals surface area contributed by atoms with Crippen LogP contribution in [0.4, 0.5) is 0 Å². The molecule has 0 saturated carbocycles. The smallest absolute Gasteiger partial charge is 0.107 e. The summed E-state index contributed by atoms with van der Waals surface area (Å²) in [5, 5.41) is 5.91. The fourth-order valence-corrected chi connectivity index (χ4v) is 33.0. The third kappa shape index (κ3) is 3.77. The first-order chi connectivity index (χ1) is 17.3. The topological polar surface area (TPSA) is 0 Å². The zero-order valence-electron chi connectivity index (χ0n) is 24.7. The Bertz CT molecular complexity index is 1510. The molecule has 0 atom stereocenters. The first-order valence-corrected chi connectivity index (χ1v) is 22.7. The molecule has 0 amide bonds. The third-order valence-corrected chi connectivity index (χ3v) is 31.7. The highest BCUT2D eigenvalue weighted by Crippen LogP contribution is 2.54. The quantitative estimate of drug-likeness (QED) is 0.151. The number of rotatable bonds is 8. The lowest BCUT2D eigenvalue weighted by Gasteiger charge is -2.43. The summed E-state index contributed by atoms with van der Waals surface area (Å²) in [6, 6.07) is 2.66. The molecular formula is C30H44S5Si2. The van der Waals surface area contributed by atoms with E-state index in [2.05, 4.69) is 140 Å². The molecule has 0 aromatic carbocycles. The number of hydrogen-bond acceptors (Lipinski definition) is 5. The molecule has 0 aliphatic heterocycles. The molecule has 0 fully saturated rings. The van der Waals surface area contributed by atoms with E-state index in [4.69, 9.17) is 0 Å². The van der Waals surface area contributed by atoms with E-state index in [0.717, 1.165) is 33.2 Å². The lowest BCUT2D eigenvalue weighted by Crippen LogP contribution is -2.55. The van der Waals surface area contributed by atoms with Crippen molar-refractivity contribution in [2.75, 3.05) is 0 Å². The van der Waals surface area contributed by atoms with E-state index in [9.17, 15) is 0 Å². The van der Waals surface area contributed by atoms with Crippen LogP contribution in [0.5, 0.6) is 0 Å². The van der Waals surface area contributed by atoms with Crippen molar-refractivity contribution in [3.63, 3.8) is 0 Å². The van der Waals surface area contributed by atoms with Gasteiger partial charge in [0.1, 0.15) is 8.07 Å². The van der Waals surface area contributed by atoms with Crippen LogP contribution in [-0.2, 0) is 0 Å². The van der Waals surface area contributed by atoms with Crippen LogP contribution in [0.2, 0.25) is 33.2 Å². The fraction of sp³-hybridized carbons (Fsp3) is 0.600. The van der Waals surface area contributed by atoms with Gasteiger partial charge in [0.05, 0.1) is 35.6 Å². The average Bonchev–Trinajstić information content (AvgIpc) is 3.53. The molecule has 0 N–H and O–H groups in total. The molecule has 0 spiro atoms. The van der Waals surface area contributed by atoms with Crippen LogP contribution in [0.25, 0.3) is 37.6 Å². The van der Waals surface area contributed by atoms with Gasteiger partial charge in [-0.2, -0.15) is 0 Å². The second kappa shape index (κ2) is 9.81.